The summed E-state index contributed by atoms with van der Waals surface area (Å²) in [5.41, 5.74) is 0.452. The van der Waals surface area contributed by atoms with Crippen LogP contribution < -0.4 is 0 Å². The van der Waals surface area contributed by atoms with Crippen molar-refractivity contribution in [1.29, 1.82) is 0 Å². The van der Waals surface area contributed by atoms with Gasteiger partial charge in [0.15, 0.2) is 0 Å². The summed E-state index contributed by atoms with van der Waals surface area (Å²) in [5, 5.41) is 0. The number of hydrogen-bond donors (Lipinski definition) is 0. The zero-order valence-corrected chi connectivity index (χ0v) is 10.1. The SMILES string of the molecule is CC(=O)CCC1C(C)CCCC1(C)C.[KH]. The number of carbonyl (C=O) groups is 1. The first-order chi connectivity index (χ1) is 6.43. The fraction of sp³-hybridized carbons (Fsp3) is 0.923. The fourth-order valence-corrected chi connectivity index (χ4v) is 3.07. The molecule has 1 fully saturated rings. The Morgan fingerprint density at radius 3 is 2.47 bits per heavy atom. The van der Waals surface area contributed by atoms with Gasteiger partial charge in [-0.2, -0.15) is 0 Å². The summed E-state index contributed by atoms with van der Waals surface area (Å²) in [4.78, 5) is 11.0. The average molecular weight is 236 g/mol. The van der Waals surface area contributed by atoms with E-state index in [2.05, 4.69) is 20.8 Å². The van der Waals surface area contributed by atoms with E-state index in [4.69, 9.17) is 0 Å². The summed E-state index contributed by atoms with van der Waals surface area (Å²) in [5.74, 6) is 1.90. The summed E-state index contributed by atoms with van der Waals surface area (Å²) >= 11 is 0. The molecule has 2 unspecified atom stereocenters. The van der Waals surface area contributed by atoms with Crippen LogP contribution in [0.4, 0.5) is 0 Å². The predicted octanol–water partition coefficient (Wildman–Crippen LogP) is 3.17. The van der Waals surface area contributed by atoms with Crippen molar-refractivity contribution in [3.8, 4) is 0 Å². The molecule has 1 nitrogen and oxygen atoms in total. The predicted molar refractivity (Wildman–Crippen MR) is 67.4 cm³/mol. The third-order valence-corrected chi connectivity index (χ3v) is 3.98. The molecule has 0 amide bonds. The molecule has 1 aliphatic rings. The summed E-state index contributed by atoms with van der Waals surface area (Å²) in [7, 11) is 0. The Balaban J connectivity index is 0.00000196. The molecule has 84 valence electrons. The van der Waals surface area contributed by atoms with Gasteiger partial charge in [-0.1, -0.05) is 33.6 Å². The number of rotatable bonds is 3. The third-order valence-electron chi connectivity index (χ3n) is 3.98. The molecule has 0 aromatic rings. The van der Waals surface area contributed by atoms with Crippen LogP contribution in [0, 0.1) is 17.3 Å². The number of ketones is 1. The van der Waals surface area contributed by atoms with Crippen LogP contribution >= 0.6 is 0 Å². The van der Waals surface area contributed by atoms with Gasteiger partial charge in [0.05, 0.1) is 0 Å². The molecular weight excluding hydrogens is 211 g/mol. The quantitative estimate of drug-likeness (QED) is 0.688. The van der Waals surface area contributed by atoms with E-state index < -0.39 is 0 Å². The second-order valence-corrected chi connectivity index (χ2v) is 5.71. The molecule has 0 N–H and O–H groups in total. The normalized spacial score (nSPS) is 29.3. The van der Waals surface area contributed by atoms with Gasteiger partial charge >= 0.3 is 51.4 Å². The molecular formula is C13H25KO. The van der Waals surface area contributed by atoms with Crippen LogP contribution in [0.25, 0.3) is 0 Å². The van der Waals surface area contributed by atoms with Crippen LogP contribution in [-0.4, -0.2) is 57.2 Å². The van der Waals surface area contributed by atoms with Crippen LogP contribution in [0.15, 0.2) is 0 Å². The molecule has 0 bridgehead atoms. The summed E-state index contributed by atoms with van der Waals surface area (Å²) in [6.45, 7) is 8.80. The van der Waals surface area contributed by atoms with E-state index in [-0.39, 0.29) is 51.4 Å². The fourth-order valence-electron chi connectivity index (χ4n) is 3.07. The molecule has 0 heterocycles. The molecule has 2 heteroatoms. The van der Waals surface area contributed by atoms with Gasteiger partial charge in [0.1, 0.15) is 5.78 Å². The van der Waals surface area contributed by atoms with Crippen molar-refractivity contribution in [2.75, 3.05) is 0 Å². The van der Waals surface area contributed by atoms with Crippen molar-refractivity contribution in [3.63, 3.8) is 0 Å². The van der Waals surface area contributed by atoms with Gasteiger partial charge in [-0.15, -0.1) is 0 Å². The topological polar surface area (TPSA) is 17.1 Å². The summed E-state index contributed by atoms with van der Waals surface area (Å²) in [6.07, 6.45) is 5.93. The van der Waals surface area contributed by atoms with Gasteiger partial charge in [0.2, 0.25) is 0 Å². The Labute approximate surface area is 137 Å². The van der Waals surface area contributed by atoms with E-state index in [1.807, 2.05) is 0 Å². The van der Waals surface area contributed by atoms with E-state index in [1.165, 1.54) is 19.3 Å². The van der Waals surface area contributed by atoms with Gasteiger partial charge in [-0.05, 0) is 37.0 Å². The standard InChI is InChI=1S/C13H24O.K.H/c1-10-6-5-9-13(3,4)12(10)8-7-11(2)14;;/h10,12H,5-9H2,1-4H3;;. The Hall–Kier alpha value is 1.31. The molecule has 1 saturated carbocycles. The van der Waals surface area contributed by atoms with E-state index in [0.717, 1.165) is 24.7 Å². The zero-order valence-electron chi connectivity index (χ0n) is 10.1. The van der Waals surface area contributed by atoms with Crippen molar-refractivity contribution in [1.82, 2.24) is 0 Å². The monoisotopic (exact) mass is 236 g/mol. The molecule has 0 aromatic carbocycles. The first-order valence-corrected chi connectivity index (χ1v) is 5.93. The van der Waals surface area contributed by atoms with Crippen LogP contribution in [-0.2, 0) is 4.79 Å². The molecule has 0 aromatic heterocycles. The number of carbonyl (C=O) groups excluding carboxylic acids is 1. The van der Waals surface area contributed by atoms with Crippen LogP contribution in [0.2, 0.25) is 0 Å². The first kappa shape index (κ1) is 16.3. The Bertz CT molecular complexity index is 211. The number of Topliss-reactive ketones (excluding diaryl/α,β-unsaturated/α-hetero) is 1. The average Bonchev–Trinajstić information content (AvgIpc) is 2.01. The maximum atomic E-state index is 11.0. The van der Waals surface area contributed by atoms with Gasteiger partial charge in [0.25, 0.3) is 0 Å². The minimum absolute atomic E-state index is 0. The van der Waals surface area contributed by atoms with E-state index in [0.29, 0.717) is 11.2 Å². The van der Waals surface area contributed by atoms with Crippen LogP contribution in [0.3, 0.4) is 0 Å². The van der Waals surface area contributed by atoms with E-state index in [1.54, 1.807) is 6.92 Å². The number of hydrogen-bond acceptors (Lipinski definition) is 1. The third kappa shape index (κ3) is 4.99. The summed E-state index contributed by atoms with van der Waals surface area (Å²) < 4.78 is 0. The van der Waals surface area contributed by atoms with Crippen LogP contribution in [0.1, 0.15) is 59.8 Å². The molecule has 2 atom stereocenters. The van der Waals surface area contributed by atoms with Crippen molar-refractivity contribution < 1.29 is 4.79 Å². The molecule has 1 aliphatic carbocycles. The second kappa shape index (κ2) is 6.90. The van der Waals surface area contributed by atoms with Crippen molar-refractivity contribution >= 4 is 57.2 Å². The minimum atomic E-state index is 0. The molecule has 0 aliphatic heterocycles. The van der Waals surface area contributed by atoms with Crippen molar-refractivity contribution in [2.45, 2.75) is 59.8 Å². The zero-order chi connectivity index (χ0) is 10.8. The Morgan fingerprint density at radius 2 is 2.00 bits per heavy atom. The molecule has 15 heavy (non-hydrogen) atoms. The molecule has 0 saturated heterocycles. The van der Waals surface area contributed by atoms with E-state index in [9.17, 15) is 4.79 Å². The molecule has 0 spiro atoms. The second-order valence-electron chi connectivity index (χ2n) is 5.71. The molecule has 0 radical (unpaired) electrons. The van der Waals surface area contributed by atoms with Gasteiger partial charge in [0, 0.05) is 6.42 Å². The van der Waals surface area contributed by atoms with Crippen molar-refractivity contribution in [2.24, 2.45) is 17.3 Å². The Kier molecular flexibility index (Phi) is 7.50. The molecule has 1 rings (SSSR count). The van der Waals surface area contributed by atoms with Gasteiger partial charge in [-0.3, -0.25) is 0 Å². The summed E-state index contributed by atoms with van der Waals surface area (Å²) in [6, 6.07) is 0. The maximum absolute atomic E-state index is 11.0. The van der Waals surface area contributed by atoms with Gasteiger partial charge < -0.3 is 4.79 Å². The van der Waals surface area contributed by atoms with Crippen molar-refractivity contribution in [3.05, 3.63) is 0 Å². The Morgan fingerprint density at radius 1 is 1.40 bits per heavy atom. The van der Waals surface area contributed by atoms with Gasteiger partial charge in [-0.25, -0.2) is 0 Å². The van der Waals surface area contributed by atoms with E-state index >= 15 is 0 Å². The van der Waals surface area contributed by atoms with Crippen LogP contribution in [0.5, 0.6) is 0 Å². The first-order valence-electron chi connectivity index (χ1n) is 5.93.